The van der Waals surface area contributed by atoms with E-state index in [0.29, 0.717) is 37.3 Å². The first-order chi connectivity index (χ1) is 25.4. The van der Waals surface area contributed by atoms with Crippen molar-refractivity contribution in [3.05, 3.63) is 71.0 Å². The third-order valence-corrected chi connectivity index (χ3v) is 11.8. The van der Waals surface area contributed by atoms with Crippen molar-refractivity contribution in [1.29, 1.82) is 0 Å². The first-order valence-electron chi connectivity index (χ1n) is 18.4. The molecule has 0 unspecified atom stereocenters. The first-order valence-corrected chi connectivity index (χ1v) is 18.4. The Morgan fingerprint density at radius 3 is 2.66 bits per heavy atom. The monoisotopic (exact) mass is 741 g/mol. The average Bonchev–Trinajstić information content (AvgIpc) is 3.46. The quantitative estimate of drug-likeness (QED) is 0.178. The summed E-state index contributed by atoms with van der Waals surface area (Å²) in [4.78, 5) is 16.1. The van der Waals surface area contributed by atoms with Gasteiger partial charge in [0.25, 0.3) is 5.91 Å². The number of halogens is 3. The second-order valence-corrected chi connectivity index (χ2v) is 14.9. The van der Waals surface area contributed by atoms with Gasteiger partial charge in [-0.3, -0.25) is 4.79 Å². The van der Waals surface area contributed by atoms with Crippen molar-refractivity contribution in [3.63, 3.8) is 0 Å². The summed E-state index contributed by atoms with van der Waals surface area (Å²) in [6, 6.07) is 11.8. The summed E-state index contributed by atoms with van der Waals surface area (Å²) in [5, 5.41) is 45.1. The molecule has 0 radical (unpaired) electrons. The third-order valence-electron chi connectivity index (χ3n) is 11.8. The van der Waals surface area contributed by atoms with Crippen molar-refractivity contribution in [3.8, 4) is 11.6 Å². The Morgan fingerprint density at radius 1 is 1.02 bits per heavy atom. The van der Waals surface area contributed by atoms with Crippen LogP contribution in [0.25, 0.3) is 0 Å². The van der Waals surface area contributed by atoms with Crippen LogP contribution in [0, 0.1) is 17.3 Å². The highest BCUT2D eigenvalue weighted by Crippen LogP contribution is 2.61. The van der Waals surface area contributed by atoms with E-state index >= 15 is 0 Å². The normalized spacial score (nSPS) is 30.8. The Labute approximate surface area is 305 Å². The van der Waals surface area contributed by atoms with Crippen LogP contribution in [0.1, 0.15) is 78.7 Å². The van der Waals surface area contributed by atoms with E-state index in [-0.39, 0.29) is 42.1 Å². The highest BCUT2D eigenvalue weighted by atomic mass is 19.4. The molecule has 3 aromatic rings. The van der Waals surface area contributed by atoms with E-state index in [0.717, 1.165) is 50.3 Å². The van der Waals surface area contributed by atoms with E-state index in [1.54, 1.807) is 0 Å². The average molecular weight is 742 g/mol. The van der Waals surface area contributed by atoms with Crippen LogP contribution in [0.2, 0.25) is 0 Å². The molecular formula is C38H46F3N5O7. The molecular weight excluding hydrogens is 695 g/mol. The fourth-order valence-corrected chi connectivity index (χ4v) is 8.88. The molecule has 15 heteroatoms. The third kappa shape index (κ3) is 7.94. The number of aliphatic hydroxyl groups is 3. The zero-order valence-corrected chi connectivity index (χ0v) is 29.5. The molecule has 1 saturated heterocycles. The number of carbonyl (C=O) groups excluding carboxylic acids is 1. The lowest BCUT2D eigenvalue weighted by molar-refractivity contribution is -0.150. The number of hydrogen-bond acceptors (Lipinski definition) is 11. The molecule has 2 aromatic heterocycles. The Kier molecular flexibility index (Phi) is 10.8. The Hall–Kier alpha value is -4.05. The molecule has 7 rings (SSSR count). The minimum absolute atomic E-state index is 0.0634. The maximum atomic E-state index is 13.0. The van der Waals surface area contributed by atoms with Gasteiger partial charge in [0.15, 0.2) is 5.69 Å². The van der Waals surface area contributed by atoms with Crippen LogP contribution in [-0.4, -0.2) is 93.2 Å². The highest BCUT2D eigenvalue weighted by Gasteiger charge is 2.54. The number of aliphatic hydroxyl groups excluding tert-OH is 3. The van der Waals surface area contributed by atoms with Gasteiger partial charge in [0.2, 0.25) is 5.88 Å². The van der Waals surface area contributed by atoms with Gasteiger partial charge in [-0.05, 0) is 110 Å². The second kappa shape index (κ2) is 15.4. The topological polar surface area (TPSA) is 168 Å². The van der Waals surface area contributed by atoms with Gasteiger partial charge >= 0.3 is 6.18 Å². The number of ether oxygens (including phenoxy) is 3. The minimum atomic E-state index is -4.63. The summed E-state index contributed by atoms with van der Waals surface area (Å²) in [5.74, 6) is 2.17. The molecule has 1 aliphatic heterocycles. The van der Waals surface area contributed by atoms with E-state index in [4.69, 9.17) is 14.2 Å². The molecule has 0 bridgehead atoms. The number of pyridine rings is 1. The number of alkyl halides is 3. The van der Waals surface area contributed by atoms with Gasteiger partial charge in [0.05, 0.1) is 25.4 Å². The molecule has 1 aromatic carbocycles. The van der Waals surface area contributed by atoms with E-state index in [2.05, 4.69) is 50.9 Å². The molecule has 5 N–H and O–H groups in total. The number of aromatic nitrogens is 3. The Morgan fingerprint density at radius 2 is 1.87 bits per heavy atom. The molecule has 3 fully saturated rings. The fourth-order valence-electron chi connectivity index (χ4n) is 8.88. The summed E-state index contributed by atoms with van der Waals surface area (Å²) in [5.41, 5.74) is 1.87. The van der Waals surface area contributed by atoms with Crippen LogP contribution in [0.4, 0.5) is 19.0 Å². The summed E-state index contributed by atoms with van der Waals surface area (Å²) >= 11 is 0. The number of nitrogens with zero attached hydrogens (tertiary/aromatic N) is 3. The van der Waals surface area contributed by atoms with E-state index in [1.807, 2.05) is 0 Å². The van der Waals surface area contributed by atoms with Crippen molar-refractivity contribution in [2.75, 3.05) is 31.7 Å². The molecule has 3 aliphatic carbocycles. The standard InChI is InChI=1S/C38H46F3N5O7/c1-37-15-14-24-23-9-7-22(18-21(23)6-8-25(24)26(37)10-12-31(37)47)51-17-3-16-42-36(50)27-11-13-33(46-45-27)53-20-29-35(49)34(48)28(19-52-29)43-32-5-2-4-30(44-32)38(39,40)41/h2,4-5,7,9,11,13,18,24-26,28-29,31,34-35,47-49H,3,6,8,10,12,14-17,19-20H2,1H3,(H,42,50)(H,43,44)/t24-,25-,26+,28+,29-,31+,34-,35+,37+/m1/s1. The van der Waals surface area contributed by atoms with Crippen LogP contribution in [0.3, 0.4) is 0 Å². The number of carbonyl (C=O) groups is 1. The lowest BCUT2D eigenvalue weighted by Crippen LogP contribution is -2.57. The van der Waals surface area contributed by atoms with Crippen molar-refractivity contribution >= 4 is 11.7 Å². The predicted molar refractivity (Wildman–Crippen MR) is 185 cm³/mol. The molecule has 3 heterocycles. The SMILES string of the molecule is C[C@]12CC[C@@H]3c4ccc(OCCCNC(=O)c5ccc(OC[C@H]6OC[C@H](Nc7cccc(C(F)(F)F)n7)[C@@H](O)[C@H]6O)nn5)cc4CC[C@H]3[C@@H]1CC[C@@H]2O. The molecule has 286 valence electrons. The van der Waals surface area contributed by atoms with Crippen LogP contribution in [0.5, 0.6) is 11.6 Å². The summed E-state index contributed by atoms with van der Waals surface area (Å²) < 4.78 is 56.2. The number of hydrogen-bond donors (Lipinski definition) is 5. The summed E-state index contributed by atoms with van der Waals surface area (Å²) in [7, 11) is 0. The lowest BCUT2D eigenvalue weighted by Gasteiger charge is -2.50. The van der Waals surface area contributed by atoms with Gasteiger partial charge < -0.3 is 40.2 Å². The molecule has 2 saturated carbocycles. The lowest BCUT2D eigenvalue weighted by atomic mass is 9.55. The van der Waals surface area contributed by atoms with E-state index in [1.165, 1.54) is 35.4 Å². The van der Waals surface area contributed by atoms with Gasteiger partial charge in [-0.2, -0.15) is 13.2 Å². The first kappa shape index (κ1) is 37.3. The maximum absolute atomic E-state index is 13.0. The fraction of sp³-hybridized carbons (Fsp3) is 0.579. The largest absolute Gasteiger partial charge is 0.494 e. The predicted octanol–water partition coefficient (Wildman–Crippen LogP) is 4.29. The second-order valence-electron chi connectivity index (χ2n) is 14.9. The maximum Gasteiger partial charge on any atom is 0.433 e. The summed E-state index contributed by atoms with van der Waals surface area (Å²) in [6.07, 6.45) is -1.52. The van der Waals surface area contributed by atoms with Gasteiger partial charge in [0, 0.05) is 12.6 Å². The van der Waals surface area contributed by atoms with Gasteiger partial charge in [-0.25, -0.2) is 4.98 Å². The zero-order chi connectivity index (χ0) is 37.3. The number of aryl methyl sites for hydroxylation is 1. The van der Waals surface area contributed by atoms with Crippen molar-refractivity contribution in [2.45, 2.75) is 94.4 Å². The van der Waals surface area contributed by atoms with Gasteiger partial charge in [-0.15, -0.1) is 10.2 Å². The zero-order valence-electron chi connectivity index (χ0n) is 29.5. The molecule has 0 spiro atoms. The number of anilines is 1. The Bertz CT molecular complexity index is 1750. The Balaban J connectivity index is 0.812. The van der Waals surface area contributed by atoms with Crippen LogP contribution < -0.4 is 20.1 Å². The van der Waals surface area contributed by atoms with Crippen LogP contribution in [-0.2, 0) is 17.3 Å². The van der Waals surface area contributed by atoms with Gasteiger partial charge in [0.1, 0.15) is 42.2 Å². The van der Waals surface area contributed by atoms with Gasteiger partial charge in [-0.1, -0.05) is 19.1 Å². The number of fused-ring (bicyclic) bond motifs is 5. The van der Waals surface area contributed by atoms with Crippen molar-refractivity contribution in [2.24, 2.45) is 17.3 Å². The molecule has 4 aliphatic rings. The molecule has 53 heavy (non-hydrogen) atoms. The minimum Gasteiger partial charge on any atom is -0.494 e. The molecule has 1 amide bonds. The number of nitrogens with one attached hydrogen (secondary N) is 2. The van der Waals surface area contributed by atoms with E-state index in [9.17, 15) is 33.3 Å². The van der Waals surface area contributed by atoms with Crippen molar-refractivity contribution in [1.82, 2.24) is 20.5 Å². The van der Waals surface area contributed by atoms with Crippen LogP contribution >= 0.6 is 0 Å². The summed E-state index contributed by atoms with van der Waals surface area (Å²) in [6.45, 7) is 2.76. The number of amides is 1. The molecule has 12 nitrogen and oxygen atoms in total. The van der Waals surface area contributed by atoms with Crippen molar-refractivity contribution < 1.29 is 47.5 Å². The van der Waals surface area contributed by atoms with Crippen LogP contribution in [0.15, 0.2) is 48.5 Å². The molecule has 9 atom stereocenters. The number of rotatable bonds is 11. The highest BCUT2D eigenvalue weighted by molar-refractivity contribution is 5.92. The smallest absolute Gasteiger partial charge is 0.433 e. The van der Waals surface area contributed by atoms with E-state index < -0.39 is 42.1 Å². The number of benzene rings is 1.